The zero-order valence-corrected chi connectivity index (χ0v) is 19.3. The van der Waals surface area contributed by atoms with Gasteiger partial charge < -0.3 is 24.8 Å². The summed E-state index contributed by atoms with van der Waals surface area (Å²) in [4.78, 5) is 9.10. The van der Waals surface area contributed by atoms with Crippen LogP contribution in [0.25, 0.3) is 0 Å². The molecule has 1 aliphatic rings. The topological polar surface area (TPSA) is 77.0 Å². The third-order valence-electron chi connectivity index (χ3n) is 4.93. The van der Waals surface area contributed by atoms with Crippen molar-refractivity contribution in [1.29, 1.82) is 0 Å². The maximum Gasteiger partial charge on any atom is 0.195 e. The fourth-order valence-corrected chi connectivity index (χ4v) is 3.37. The van der Waals surface area contributed by atoms with E-state index in [1.165, 1.54) is 0 Å². The van der Waals surface area contributed by atoms with Crippen LogP contribution in [0.15, 0.2) is 53.7 Å². The molecule has 0 spiro atoms. The summed E-state index contributed by atoms with van der Waals surface area (Å²) in [6.45, 7) is 7.70. The lowest BCUT2D eigenvalue weighted by molar-refractivity contribution is 0.0171. The van der Waals surface area contributed by atoms with Crippen LogP contribution < -0.4 is 15.4 Å². The van der Waals surface area contributed by atoms with E-state index in [1.54, 1.807) is 0 Å². The zero-order valence-electron chi connectivity index (χ0n) is 19.3. The van der Waals surface area contributed by atoms with Gasteiger partial charge in [0.15, 0.2) is 5.96 Å². The van der Waals surface area contributed by atoms with Gasteiger partial charge in [-0.3, -0.25) is 9.98 Å². The second-order valence-corrected chi connectivity index (χ2v) is 8.11. The van der Waals surface area contributed by atoms with Gasteiger partial charge in [0, 0.05) is 50.3 Å². The molecule has 0 amide bonds. The molecule has 3 rings (SSSR count). The minimum Gasteiger partial charge on any atom is -0.491 e. The fourth-order valence-electron chi connectivity index (χ4n) is 3.37. The van der Waals surface area contributed by atoms with Gasteiger partial charge in [-0.15, -0.1) is 0 Å². The molecule has 7 heteroatoms. The maximum absolute atomic E-state index is 5.74. The monoisotopic (exact) mass is 440 g/mol. The number of rotatable bonds is 12. The molecule has 1 atom stereocenters. The van der Waals surface area contributed by atoms with E-state index >= 15 is 0 Å². The van der Waals surface area contributed by atoms with Crippen LogP contribution in [0, 0.1) is 0 Å². The summed E-state index contributed by atoms with van der Waals surface area (Å²) in [5.41, 5.74) is 2.01. The SMILES string of the molecule is CC(C)Oc1ccc(NC(=NCCCOCC2CCCO2)NCCc2ccccn2)cc1. The van der Waals surface area contributed by atoms with Crippen molar-refractivity contribution in [1.82, 2.24) is 10.3 Å². The molecule has 0 aliphatic carbocycles. The van der Waals surface area contributed by atoms with Gasteiger partial charge in [-0.2, -0.15) is 0 Å². The van der Waals surface area contributed by atoms with Gasteiger partial charge in [-0.25, -0.2) is 0 Å². The molecule has 0 bridgehead atoms. The number of pyridine rings is 1. The van der Waals surface area contributed by atoms with Gasteiger partial charge in [0.05, 0.1) is 18.8 Å². The Morgan fingerprint density at radius 3 is 2.81 bits per heavy atom. The van der Waals surface area contributed by atoms with Crippen LogP contribution in [0.5, 0.6) is 5.75 Å². The third-order valence-corrected chi connectivity index (χ3v) is 4.93. The molecule has 1 aromatic heterocycles. The number of nitrogens with one attached hydrogen (secondary N) is 2. The molecular weight excluding hydrogens is 404 g/mol. The Labute approximate surface area is 191 Å². The molecule has 2 N–H and O–H groups in total. The van der Waals surface area contributed by atoms with E-state index in [4.69, 9.17) is 19.2 Å². The Morgan fingerprint density at radius 2 is 2.09 bits per heavy atom. The molecule has 7 nitrogen and oxygen atoms in total. The largest absolute Gasteiger partial charge is 0.491 e. The molecular formula is C25H36N4O3. The first-order valence-corrected chi connectivity index (χ1v) is 11.6. The van der Waals surface area contributed by atoms with Crippen molar-refractivity contribution in [3.63, 3.8) is 0 Å². The quantitative estimate of drug-likeness (QED) is 0.295. The summed E-state index contributed by atoms with van der Waals surface area (Å²) in [6.07, 6.45) is 6.18. The normalized spacial score (nSPS) is 16.3. The van der Waals surface area contributed by atoms with E-state index in [0.717, 1.165) is 61.9 Å². The first kappa shape index (κ1) is 24.0. The van der Waals surface area contributed by atoms with Crippen LogP contribution in [-0.4, -0.2) is 56.1 Å². The lowest BCUT2D eigenvalue weighted by Crippen LogP contribution is -2.33. The zero-order chi connectivity index (χ0) is 22.4. The van der Waals surface area contributed by atoms with Crippen molar-refractivity contribution in [3.05, 3.63) is 54.4 Å². The van der Waals surface area contributed by atoms with Gasteiger partial charge in [0.2, 0.25) is 0 Å². The maximum atomic E-state index is 5.74. The van der Waals surface area contributed by atoms with Crippen molar-refractivity contribution in [2.75, 3.05) is 38.2 Å². The first-order valence-electron chi connectivity index (χ1n) is 11.6. The van der Waals surface area contributed by atoms with Crippen molar-refractivity contribution in [2.24, 2.45) is 4.99 Å². The smallest absolute Gasteiger partial charge is 0.195 e. The summed E-state index contributed by atoms with van der Waals surface area (Å²) in [6, 6.07) is 13.9. The average molecular weight is 441 g/mol. The fraction of sp³-hybridized carbons (Fsp3) is 0.520. The van der Waals surface area contributed by atoms with Crippen molar-refractivity contribution >= 4 is 11.6 Å². The summed E-state index contributed by atoms with van der Waals surface area (Å²) in [5.74, 6) is 1.60. The van der Waals surface area contributed by atoms with E-state index in [-0.39, 0.29) is 12.2 Å². The molecule has 2 heterocycles. The predicted octanol–water partition coefficient (Wildman–Crippen LogP) is 4.05. The van der Waals surface area contributed by atoms with Gasteiger partial charge in [-0.05, 0) is 69.5 Å². The Kier molecular flexibility index (Phi) is 10.3. The number of aliphatic imine (C=N–C) groups is 1. The molecule has 174 valence electrons. The van der Waals surface area contributed by atoms with Crippen LogP contribution in [0.4, 0.5) is 5.69 Å². The van der Waals surface area contributed by atoms with E-state index in [2.05, 4.69) is 15.6 Å². The number of guanidine groups is 1. The lowest BCUT2D eigenvalue weighted by atomic mass is 10.2. The number of benzene rings is 1. The molecule has 2 aromatic rings. The van der Waals surface area contributed by atoms with E-state index in [1.807, 2.05) is 62.5 Å². The number of hydrogen-bond acceptors (Lipinski definition) is 5. The van der Waals surface area contributed by atoms with Gasteiger partial charge in [0.25, 0.3) is 0 Å². The minimum absolute atomic E-state index is 0.154. The Morgan fingerprint density at radius 1 is 1.22 bits per heavy atom. The van der Waals surface area contributed by atoms with E-state index in [0.29, 0.717) is 19.8 Å². The molecule has 32 heavy (non-hydrogen) atoms. The van der Waals surface area contributed by atoms with Crippen LogP contribution >= 0.6 is 0 Å². The predicted molar refractivity (Wildman–Crippen MR) is 128 cm³/mol. The summed E-state index contributed by atoms with van der Waals surface area (Å²) < 4.78 is 17.1. The Balaban J connectivity index is 1.47. The van der Waals surface area contributed by atoms with E-state index < -0.39 is 0 Å². The highest BCUT2D eigenvalue weighted by atomic mass is 16.5. The number of hydrogen-bond donors (Lipinski definition) is 2. The minimum atomic E-state index is 0.154. The standard InChI is InChI=1S/C25H36N4O3/c1-20(2)32-23-11-9-22(10-12-23)29-25(28-16-13-21-7-3-4-14-26-21)27-15-6-17-30-19-24-8-5-18-31-24/h3-4,7,9-12,14,20,24H,5-6,8,13,15-19H2,1-2H3,(H2,27,28,29). The van der Waals surface area contributed by atoms with Crippen LogP contribution in [-0.2, 0) is 15.9 Å². The van der Waals surface area contributed by atoms with Gasteiger partial charge >= 0.3 is 0 Å². The molecule has 1 saturated heterocycles. The Bertz CT molecular complexity index is 791. The molecule has 1 aromatic carbocycles. The number of ether oxygens (including phenoxy) is 3. The van der Waals surface area contributed by atoms with Crippen LogP contribution in [0.1, 0.15) is 38.8 Å². The van der Waals surface area contributed by atoms with Gasteiger partial charge in [0.1, 0.15) is 5.75 Å². The van der Waals surface area contributed by atoms with E-state index in [9.17, 15) is 0 Å². The van der Waals surface area contributed by atoms with Gasteiger partial charge in [-0.1, -0.05) is 6.07 Å². The molecule has 0 saturated carbocycles. The summed E-state index contributed by atoms with van der Waals surface area (Å²) in [5, 5.41) is 6.79. The van der Waals surface area contributed by atoms with Crippen LogP contribution in [0.2, 0.25) is 0 Å². The second kappa shape index (κ2) is 13.7. The number of aromatic nitrogens is 1. The molecule has 1 aliphatic heterocycles. The molecule has 0 radical (unpaired) electrons. The van der Waals surface area contributed by atoms with Crippen molar-refractivity contribution in [2.45, 2.75) is 51.7 Å². The molecule has 1 fully saturated rings. The Hall–Kier alpha value is -2.64. The highest BCUT2D eigenvalue weighted by Gasteiger charge is 2.14. The second-order valence-electron chi connectivity index (χ2n) is 8.11. The lowest BCUT2D eigenvalue weighted by Gasteiger charge is -2.14. The molecule has 1 unspecified atom stereocenters. The highest BCUT2D eigenvalue weighted by molar-refractivity contribution is 5.93. The van der Waals surface area contributed by atoms with Crippen molar-refractivity contribution in [3.8, 4) is 5.75 Å². The van der Waals surface area contributed by atoms with Crippen molar-refractivity contribution < 1.29 is 14.2 Å². The summed E-state index contributed by atoms with van der Waals surface area (Å²) >= 11 is 0. The number of nitrogens with zero attached hydrogens (tertiary/aromatic N) is 2. The summed E-state index contributed by atoms with van der Waals surface area (Å²) in [7, 11) is 0. The first-order chi connectivity index (χ1) is 15.7. The number of anilines is 1. The van der Waals surface area contributed by atoms with Crippen LogP contribution in [0.3, 0.4) is 0 Å². The highest BCUT2D eigenvalue weighted by Crippen LogP contribution is 2.17. The third kappa shape index (κ3) is 9.24. The average Bonchev–Trinajstić information content (AvgIpc) is 3.31.